The molecular formula is C21H18ClF3N2O. The van der Waals surface area contributed by atoms with Crippen LogP contribution in [0, 0.1) is 0 Å². The van der Waals surface area contributed by atoms with Gasteiger partial charge in [0.05, 0.1) is 5.56 Å². The Hall–Kier alpha value is -2.31. The summed E-state index contributed by atoms with van der Waals surface area (Å²) in [7, 11) is 0. The molecule has 1 amide bonds. The third-order valence-electron chi connectivity index (χ3n) is 5.42. The minimum Gasteiger partial charge on any atom is -0.337 e. The van der Waals surface area contributed by atoms with Gasteiger partial charge in [-0.15, -0.1) is 0 Å². The van der Waals surface area contributed by atoms with Crippen molar-refractivity contribution in [1.29, 1.82) is 0 Å². The Labute approximate surface area is 165 Å². The number of hydrogen-bond acceptors (Lipinski definition) is 2. The summed E-state index contributed by atoms with van der Waals surface area (Å²) >= 11 is 6.11. The first kappa shape index (κ1) is 19.0. The third-order valence-corrected chi connectivity index (χ3v) is 5.65. The van der Waals surface area contributed by atoms with Crippen molar-refractivity contribution < 1.29 is 18.0 Å². The van der Waals surface area contributed by atoms with Gasteiger partial charge >= 0.3 is 6.18 Å². The smallest absolute Gasteiger partial charge is 0.337 e. The molecule has 4 rings (SSSR count). The van der Waals surface area contributed by atoms with Gasteiger partial charge in [0.1, 0.15) is 6.04 Å². The molecule has 0 aromatic heterocycles. The molecule has 1 aliphatic heterocycles. The van der Waals surface area contributed by atoms with Crippen molar-refractivity contribution in [2.75, 3.05) is 13.1 Å². The number of fused-ring (bicyclic) bond motifs is 2. The highest BCUT2D eigenvalue weighted by molar-refractivity contribution is 6.30. The second-order valence-electron chi connectivity index (χ2n) is 7.17. The summed E-state index contributed by atoms with van der Waals surface area (Å²) in [6.45, 7) is 1.01. The van der Waals surface area contributed by atoms with Gasteiger partial charge in [0.2, 0.25) is 5.91 Å². The van der Waals surface area contributed by atoms with Crippen LogP contribution >= 0.6 is 11.6 Å². The van der Waals surface area contributed by atoms with Crippen LogP contribution in [0.4, 0.5) is 13.2 Å². The second kappa shape index (κ2) is 6.94. The van der Waals surface area contributed by atoms with E-state index in [2.05, 4.69) is 0 Å². The van der Waals surface area contributed by atoms with Gasteiger partial charge in [-0.3, -0.25) is 4.79 Å². The van der Waals surface area contributed by atoms with Gasteiger partial charge in [-0.25, -0.2) is 0 Å². The van der Waals surface area contributed by atoms with Crippen molar-refractivity contribution in [3.8, 4) is 0 Å². The Morgan fingerprint density at radius 2 is 1.86 bits per heavy atom. The summed E-state index contributed by atoms with van der Waals surface area (Å²) in [5.74, 6) is -0.278. The van der Waals surface area contributed by atoms with Crippen molar-refractivity contribution >= 4 is 23.1 Å². The maximum atomic E-state index is 12.8. The van der Waals surface area contributed by atoms with Crippen LogP contribution in [0.5, 0.6) is 0 Å². The average molecular weight is 407 g/mol. The summed E-state index contributed by atoms with van der Waals surface area (Å²) in [5.41, 5.74) is 10.5. The zero-order valence-corrected chi connectivity index (χ0v) is 15.6. The quantitative estimate of drug-likeness (QED) is 0.792. The summed E-state index contributed by atoms with van der Waals surface area (Å²) in [6.07, 6.45) is -2.92. The minimum absolute atomic E-state index is 0.278. The van der Waals surface area contributed by atoms with E-state index in [4.69, 9.17) is 17.3 Å². The fourth-order valence-electron chi connectivity index (χ4n) is 3.94. The van der Waals surface area contributed by atoms with Gasteiger partial charge in [-0.1, -0.05) is 29.8 Å². The lowest BCUT2D eigenvalue weighted by molar-refractivity contribution is -0.137. The molecular weight excluding hydrogens is 389 g/mol. The van der Waals surface area contributed by atoms with E-state index in [0.29, 0.717) is 30.1 Å². The zero-order chi connectivity index (χ0) is 20.1. The van der Waals surface area contributed by atoms with Crippen LogP contribution in [0.25, 0.3) is 5.57 Å². The molecule has 3 nitrogen and oxygen atoms in total. The van der Waals surface area contributed by atoms with Gasteiger partial charge in [0.25, 0.3) is 0 Å². The number of halogens is 4. The van der Waals surface area contributed by atoms with Gasteiger partial charge in [0.15, 0.2) is 0 Å². The van der Waals surface area contributed by atoms with Gasteiger partial charge in [0, 0.05) is 18.1 Å². The number of rotatable bonds is 2. The molecule has 0 radical (unpaired) electrons. The first-order valence-electron chi connectivity index (χ1n) is 8.95. The van der Waals surface area contributed by atoms with Crippen LogP contribution < -0.4 is 5.73 Å². The normalized spacial score (nSPS) is 17.4. The van der Waals surface area contributed by atoms with E-state index in [-0.39, 0.29) is 5.91 Å². The minimum atomic E-state index is -4.41. The van der Waals surface area contributed by atoms with Crippen molar-refractivity contribution in [3.05, 3.63) is 75.3 Å². The topological polar surface area (TPSA) is 46.3 Å². The first-order valence-corrected chi connectivity index (χ1v) is 9.33. The van der Waals surface area contributed by atoms with Crippen molar-refractivity contribution in [3.63, 3.8) is 0 Å². The Morgan fingerprint density at radius 1 is 1.14 bits per heavy atom. The molecule has 2 aliphatic rings. The molecule has 1 heterocycles. The largest absolute Gasteiger partial charge is 0.416 e. The molecule has 2 aromatic carbocycles. The lowest BCUT2D eigenvalue weighted by atomic mass is 9.97. The van der Waals surface area contributed by atoms with Crippen LogP contribution in [-0.2, 0) is 17.4 Å². The van der Waals surface area contributed by atoms with E-state index in [1.165, 1.54) is 28.8 Å². The lowest BCUT2D eigenvalue weighted by Crippen LogP contribution is -2.42. The highest BCUT2D eigenvalue weighted by atomic mass is 35.5. The first-order chi connectivity index (χ1) is 13.2. The molecule has 0 saturated heterocycles. The Kier molecular flexibility index (Phi) is 4.71. The van der Waals surface area contributed by atoms with E-state index in [1.807, 2.05) is 18.2 Å². The fraction of sp³-hybridized carbons (Fsp3) is 0.286. The summed E-state index contributed by atoms with van der Waals surface area (Å²) < 4.78 is 38.1. The standard InChI is InChI=1S/C21H18ClF3N2O/c22-16-6-3-13-9-14-11-27(8-7-17(14)18(13)10-16)20(28)19(26)12-1-4-15(5-2-12)21(23,24)25/h1-6,10,19H,7-9,11,26H2. The molecule has 2 aromatic rings. The van der Waals surface area contributed by atoms with Crippen molar-refractivity contribution in [2.24, 2.45) is 5.73 Å². The number of nitrogens with zero attached hydrogens (tertiary/aromatic N) is 1. The monoisotopic (exact) mass is 406 g/mol. The zero-order valence-electron chi connectivity index (χ0n) is 14.9. The Morgan fingerprint density at radius 3 is 2.54 bits per heavy atom. The highest BCUT2D eigenvalue weighted by Crippen LogP contribution is 2.39. The van der Waals surface area contributed by atoms with E-state index >= 15 is 0 Å². The number of hydrogen-bond donors (Lipinski definition) is 1. The number of carbonyl (C=O) groups excluding carboxylic acids is 1. The molecule has 0 bridgehead atoms. The Bertz CT molecular complexity index is 967. The summed E-state index contributed by atoms with van der Waals surface area (Å²) in [6, 6.07) is 9.31. The van der Waals surface area contributed by atoms with E-state index in [9.17, 15) is 18.0 Å². The summed E-state index contributed by atoms with van der Waals surface area (Å²) in [4.78, 5) is 14.5. The van der Waals surface area contributed by atoms with Crippen LogP contribution in [0.2, 0.25) is 5.02 Å². The van der Waals surface area contributed by atoms with Gasteiger partial charge in [-0.05, 0) is 64.9 Å². The molecule has 1 atom stereocenters. The average Bonchev–Trinajstić information content (AvgIpc) is 3.03. The maximum Gasteiger partial charge on any atom is 0.416 e. The number of carbonyl (C=O) groups is 1. The molecule has 1 aliphatic carbocycles. The Balaban J connectivity index is 1.49. The fourth-order valence-corrected chi connectivity index (χ4v) is 4.11. The molecule has 0 fully saturated rings. The van der Waals surface area contributed by atoms with E-state index in [1.54, 1.807) is 4.90 Å². The van der Waals surface area contributed by atoms with Crippen molar-refractivity contribution in [1.82, 2.24) is 4.90 Å². The highest BCUT2D eigenvalue weighted by Gasteiger charge is 2.33. The van der Waals surface area contributed by atoms with Crippen LogP contribution in [-0.4, -0.2) is 23.9 Å². The molecule has 7 heteroatoms. The molecule has 1 unspecified atom stereocenters. The lowest BCUT2D eigenvalue weighted by Gasteiger charge is -2.31. The van der Waals surface area contributed by atoms with Crippen LogP contribution in [0.15, 0.2) is 48.0 Å². The number of nitrogens with two attached hydrogens (primary N) is 1. The second-order valence-corrected chi connectivity index (χ2v) is 7.60. The van der Waals surface area contributed by atoms with Gasteiger partial charge in [-0.2, -0.15) is 13.2 Å². The van der Waals surface area contributed by atoms with E-state index in [0.717, 1.165) is 24.1 Å². The molecule has 2 N–H and O–H groups in total. The molecule has 0 spiro atoms. The number of amides is 1. The van der Waals surface area contributed by atoms with Crippen molar-refractivity contribution in [2.45, 2.75) is 25.1 Å². The molecule has 146 valence electrons. The number of benzene rings is 2. The SMILES string of the molecule is NC(C(=O)N1CCC2=C(Cc3ccc(Cl)cc32)C1)c1ccc(C(F)(F)F)cc1. The predicted molar refractivity (Wildman–Crippen MR) is 102 cm³/mol. The summed E-state index contributed by atoms with van der Waals surface area (Å²) in [5, 5.41) is 0.690. The molecule has 0 saturated carbocycles. The third kappa shape index (κ3) is 3.42. The van der Waals surface area contributed by atoms with Gasteiger partial charge < -0.3 is 10.6 Å². The van der Waals surface area contributed by atoms with Crippen LogP contribution in [0.3, 0.4) is 0 Å². The van der Waals surface area contributed by atoms with E-state index < -0.39 is 17.8 Å². The maximum absolute atomic E-state index is 12.8. The predicted octanol–water partition coefficient (Wildman–Crippen LogP) is 4.60. The molecule has 28 heavy (non-hydrogen) atoms. The van der Waals surface area contributed by atoms with Crippen LogP contribution in [0.1, 0.15) is 34.7 Å². The number of alkyl halides is 3.